The minimum atomic E-state index is -3.58. The van der Waals surface area contributed by atoms with Crippen LogP contribution in [0, 0.1) is 6.92 Å². The number of aryl methyl sites for hydroxylation is 1. The molecule has 0 aliphatic carbocycles. The molecule has 4 nitrogen and oxygen atoms in total. The van der Waals surface area contributed by atoms with Gasteiger partial charge in [-0.05, 0) is 56.5 Å². The Balaban J connectivity index is 2.29. The van der Waals surface area contributed by atoms with Gasteiger partial charge in [-0.15, -0.1) is 11.3 Å². The lowest BCUT2D eigenvalue weighted by Gasteiger charge is -2.04. The van der Waals surface area contributed by atoms with Crippen LogP contribution in [0.1, 0.15) is 5.56 Å². The highest BCUT2D eigenvalue weighted by Gasteiger charge is 2.19. The standard InChI is InChI=1S/C10H8Br2N2O2S2/c1-6-2-3-8(13-5-6)14-18(15,16)9-4-7(11)10(12)17-9/h2-5H,1H3,(H,13,14). The largest absolute Gasteiger partial charge is 0.272 e. The molecule has 0 saturated carbocycles. The zero-order chi connectivity index (χ0) is 13.3. The van der Waals surface area contributed by atoms with Gasteiger partial charge in [0.25, 0.3) is 10.0 Å². The molecule has 96 valence electrons. The molecule has 2 aromatic heterocycles. The van der Waals surface area contributed by atoms with Crippen molar-refractivity contribution < 1.29 is 8.42 Å². The lowest BCUT2D eigenvalue weighted by molar-refractivity contribution is 0.603. The average Bonchev–Trinajstić information content (AvgIpc) is 2.63. The van der Waals surface area contributed by atoms with Gasteiger partial charge in [0.2, 0.25) is 0 Å². The molecule has 18 heavy (non-hydrogen) atoms. The van der Waals surface area contributed by atoms with Gasteiger partial charge in [0.15, 0.2) is 0 Å². The summed E-state index contributed by atoms with van der Waals surface area (Å²) in [6.07, 6.45) is 1.61. The van der Waals surface area contributed by atoms with Crippen molar-refractivity contribution in [2.45, 2.75) is 11.1 Å². The molecule has 0 radical (unpaired) electrons. The molecule has 0 aromatic carbocycles. The predicted molar refractivity (Wildman–Crippen MR) is 79.5 cm³/mol. The van der Waals surface area contributed by atoms with E-state index in [0.29, 0.717) is 10.3 Å². The molecule has 0 atom stereocenters. The van der Waals surface area contributed by atoms with E-state index in [1.807, 2.05) is 6.92 Å². The molecule has 0 unspecified atom stereocenters. The number of anilines is 1. The first kappa shape index (κ1) is 14.0. The fraction of sp³-hybridized carbons (Fsp3) is 0.100. The first-order valence-corrected chi connectivity index (χ1v) is 8.67. The van der Waals surface area contributed by atoms with Crippen molar-refractivity contribution in [3.05, 3.63) is 38.2 Å². The number of aromatic nitrogens is 1. The molecule has 0 spiro atoms. The third-order valence-electron chi connectivity index (χ3n) is 2.04. The normalized spacial score (nSPS) is 11.5. The van der Waals surface area contributed by atoms with E-state index in [4.69, 9.17) is 0 Å². The first-order valence-electron chi connectivity index (χ1n) is 4.79. The zero-order valence-electron chi connectivity index (χ0n) is 9.15. The molecule has 0 aliphatic rings. The Kier molecular flexibility index (Phi) is 4.10. The van der Waals surface area contributed by atoms with Gasteiger partial charge in [0, 0.05) is 10.7 Å². The van der Waals surface area contributed by atoms with Crippen LogP contribution in [0.15, 0.2) is 36.9 Å². The Hall–Kier alpha value is -0.440. The molecule has 0 amide bonds. The van der Waals surface area contributed by atoms with Crippen LogP contribution in [-0.4, -0.2) is 13.4 Å². The summed E-state index contributed by atoms with van der Waals surface area (Å²) < 4.78 is 28.2. The van der Waals surface area contributed by atoms with E-state index in [-0.39, 0.29) is 4.21 Å². The number of nitrogens with one attached hydrogen (secondary N) is 1. The van der Waals surface area contributed by atoms with E-state index in [2.05, 4.69) is 41.6 Å². The van der Waals surface area contributed by atoms with Crippen LogP contribution in [0.4, 0.5) is 5.82 Å². The summed E-state index contributed by atoms with van der Waals surface area (Å²) in [5.41, 5.74) is 0.972. The van der Waals surface area contributed by atoms with Crippen molar-refractivity contribution in [1.82, 2.24) is 4.98 Å². The van der Waals surface area contributed by atoms with Crippen molar-refractivity contribution in [2.75, 3.05) is 4.72 Å². The number of rotatable bonds is 3. The summed E-state index contributed by atoms with van der Waals surface area (Å²) >= 11 is 7.66. The molecule has 8 heteroatoms. The van der Waals surface area contributed by atoms with Crippen LogP contribution < -0.4 is 4.72 Å². The second kappa shape index (κ2) is 5.28. The summed E-state index contributed by atoms with van der Waals surface area (Å²) in [6.45, 7) is 1.89. The van der Waals surface area contributed by atoms with Gasteiger partial charge in [-0.3, -0.25) is 4.72 Å². The number of hydrogen-bond donors (Lipinski definition) is 1. The van der Waals surface area contributed by atoms with Crippen LogP contribution >= 0.6 is 43.2 Å². The van der Waals surface area contributed by atoms with Crippen molar-refractivity contribution in [3.8, 4) is 0 Å². The Labute approximate surface area is 126 Å². The highest BCUT2D eigenvalue weighted by molar-refractivity contribution is 9.13. The lowest BCUT2D eigenvalue weighted by atomic mass is 10.3. The van der Waals surface area contributed by atoms with Crippen LogP contribution in [-0.2, 0) is 10.0 Å². The van der Waals surface area contributed by atoms with Gasteiger partial charge in [-0.2, -0.15) is 0 Å². The van der Waals surface area contributed by atoms with E-state index in [9.17, 15) is 8.42 Å². The van der Waals surface area contributed by atoms with E-state index in [1.165, 1.54) is 0 Å². The van der Waals surface area contributed by atoms with E-state index in [1.54, 1.807) is 24.4 Å². The summed E-state index contributed by atoms with van der Waals surface area (Å²) in [6, 6.07) is 4.97. The van der Waals surface area contributed by atoms with E-state index >= 15 is 0 Å². The van der Waals surface area contributed by atoms with E-state index in [0.717, 1.165) is 20.7 Å². The van der Waals surface area contributed by atoms with Crippen molar-refractivity contribution in [2.24, 2.45) is 0 Å². The summed E-state index contributed by atoms with van der Waals surface area (Å²) in [5.74, 6) is 0.307. The van der Waals surface area contributed by atoms with Gasteiger partial charge in [0.1, 0.15) is 10.0 Å². The number of hydrogen-bond acceptors (Lipinski definition) is 4. The second-order valence-corrected chi connectivity index (χ2v) is 8.65. The Morgan fingerprint density at radius 2 is 2.06 bits per heavy atom. The van der Waals surface area contributed by atoms with Crippen LogP contribution in [0.2, 0.25) is 0 Å². The molecule has 2 rings (SSSR count). The maximum Gasteiger partial charge on any atom is 0.272 e. The second-order valence-electron chi connectivity index (χ2n) is 3.51. The van der Waals surface area contributed by atoms with Crippen LogP contribution in [0.5, 0.6) is 0 Å². The van der Waals surface area contributed by atoms with Crippen molar-refractivity contribution in [3.63, 3.8) is 0 Å². The van der Waals surface area contributed by atoms with Gasteiger partial charge in [-0.1, -0.05) is 6.07 Å². The molecule has 2 heterocycles. The molecular formula is C10H8Br2N2O2S2. The van der Waals surface area contributed by atoms with Crippen LogP contribution in [0.25, 0.3) is 0 Å². The number of thiophene rings is 1. The fourth-order valence-corrected chi connectivity index (χ4v) is 5.00. The quantitative estimate of drug-likeness (QED) is 0.835. The minimum Gasteiger partial charge on any atom is -0.263 e. The molecule has 0 bridgehead atoms. The highest BCUT2D eigenvalue weighted by Crippen LogP contribution is 2.35. The Bertz CT molecular complexity index is 646. The third-order valence-corrected chi connectivity index (χ3v) is 7.12. The topological polar surface area (TPSA) is 59.1 Å². The maximum absolute atomic E-state index is 12.1. The zero-order valence-corrected chi connectivity index (χ0v) is 14.0. The monoisotopic (exact) mass is 410 g/mol. The summed E-state index contributed by atoms with van der Waals surface area (Å²) in [4.78, 5) is 4.01. The molecule has 1 N–H and O–H groups in total. The van der Waals surface area contributed by atoms with Crippen molar-refractivity contribution >= 4 is 59.0 Å². The highest BCUT2D eigenvalue weighted by atomic mass is 79.9. The van der Waals surface area contributed by atoms with Gasteiger partial charge in [-0.25, -0.2) is 13.4 Å². The van der Waals surface area contributed by atoms with Gasteiger partial charge < -0.3 is 0 Å². The third kappa shape index (κ3) is 3.11. The van der Waals surface area contributed by atoms with E-state index < -0.39 is 10.0 Å². The molecule has 0 aliphatic heterocycles. The molecule has 0 saturated heterocycles. The number of nitrogens with zero attached hydrogens (tertiary/aromatic N) is 1. The lowest BCUT2D eigenvalue weighted by Crippen LogP contribution is -2.12. The molecule has 0 fully saturated rings. The summed E-state index contributed by atoms with van der Waals surface area (Å²) in [7, 11) is -3.58. The van der Waals surface area contributed by atoms with Crippen LogP contribution in [0.3, 0.4) is 0 Å². The molecule has 2 aromatic rings. The maximum atomic E-state index is 12.1. The van der Waals surface area contributed by atoms with Gasteiger partial charge >= 0.3 is 0 Å². The minimum absolute atomic E-state index is 0.226. The Morgan fingerprint density at radius 3 is 2.56 bits per heavy atom. The van der Waals surface area contributed by atoms with Crippen molar-refractivity contribution in [1.29, 1.82) is 0 Å². The van der Waals surface area contributed by atoms with Gasteiger partial charge in [0.05, 0.1) is 3.79 Å². The Morgan fingerprint density at radius 1 is 1.33 bits per heavy atom. The number of halogens is 2. The first-order chi connectivity index (χ1) is 8.38. The number of sulfonamides is 1. The average molecular weight is 412 g/mol. The fourth-order valence-electron chi connectivity index (χ4n) is 1.18. The summed E-state index contributed by atoms with van der Waals surface area (Å²) in [5, 5.41) is 0. The SMILES string of the molecule is Cc1ccc(NS(=O)(=O)c2cc(Br)c(Br)s2)nc1. The predicted octanol–water partition coefficient (Wildman–Crippen LogP) is 3.78. The molecular weight excluding hydrogens is 404 g/mol. The smallest absolute Gasteiger partial charge is 0.263 e. The number of pyridine rings is 1.